The first-order valence-electron chi connectivity index (χ1n) is 13.2. The largest absolute Gasteiger partial charge is 0.476 e. The van der Waals surface area contributed by atoms with Crippen LogP contribution in [0.5, 0.6) is 11.6 Å². The van der Waals surface area contributed by atoms with E-state index >= 15 is 8.78 Å². The van der Waals surface area contributed by atoms with Gasteiger partial charge in [0, 0.05) is 0 Å². The number of anilines is 1. The lowest BCUT2D eigenvalue weighted by Crippen LogP contribution is -2.46. The van der Waals surface area contributed by atoms with Crippen LogP contribution in [0.3, 0.4) is 0 Å². The fraction of sp³-hybridized carbons (Fsp3) is 0.538. The van der Waals surface area contributed by atoms with Crippen LogP contribution < -0.4 is 15.0 Å². The molecule has 1 aromatic carbocycles. The van der Waals surface area contributed by atoms with Gasteiger partial charge in [-0.1, -0.05) is 25.1 Å². The number of para-hydroxylation sites is 1. The Kier molecular flexibility index (Phi) is 9.07. The number of ether oxygens (including phenoxy) is 3. The van der Waals surface area contributed by atoms with Crippen LogP contribution in [0.4, 0.5) is 14.7 Å². The van der Waals surface area contributed by atoms with Gasteiger partial charge in [-0.3, -0.25) is 13.9 Å². The summed E-state index contributed by atoms with van der Waals surface area (Å²) in [7, 11) is -4.34. The number of aliphatic hydroxyl groups is 1. The molecule has 1 aliphatic rings. The zero-order valence-corrected chi connectivity index (χ0v) is 24.7. The van der Waals surface area contributed by atoms with Gasteiger partial charge in [-0.05, 0) is 39.8 Å². The van der Waals surface area contributed by atoms with E-state index < -0.39 is 62.2 Å². The van der Waals surface area contributed by atoms with Gasteiger partial charge in [0.25, 0.3) is 5.85 Å². The number of imidazole rings is 1. The molecular formula is C26H34F2N5O8P. The summed E-state index contributed by atoms with van der Waals surface area (Å²) >= 11 is 0. The monoisotopic (exact) mass is 613 g/mol. The first kappa shape index (κ1) is 31.5. The van der Waals surface area contributed by atoms with Crippen LogP contribution in [0.25, 0.3) is 11.2 Å². The van der Waals surface area contributed by atoms with E-state index in [0.29, 0.717) is 0 Å². The Labute approximate surface area is 240 Å². The normalized spacial score (nSPS) is 26.2. The highest BCUT2D eigenvalue weighted by Crippen LogP contribution is 2.54. The third kappa shape index (κ3) is 6.48. The van der Waals surface area contributed by atoms with Crippen LogP contribution in [0.15, 0.2) is 36.7 Å². The molecule has 42 heavy (non-hydrogen) atoms. The van der Waals surface area contributed by atoms with Crippen molar-refractivity contribution in [1.82, 2.24) is 19.5 Å². The molecule has 3 N–H and O–H groups in total. The number of carbonyl (C=O) groups is 1. The Morgan fingerprint density at radius 2 is 1.95 bits per heavy atom. The Morgan fingerprint density at radius 3 is 2.60 bits per heavy atom. The maximum absolute atomic E-state index is 16.2. The average Bonchev–Trinajstić information content (AvgIpc) is 3.40. The molecule has 2 aromatic heterocycles. The second-order valence-corrected chi connectivity index (χ2v) is 12.4. The number of alkyl halides is 2. The van der Waals surface area contributed by atoms with Gasteiger partial charge in [0.2, 0.25) is 11.8 Å². The van der Waals surface area contributed by atoms with Crippen LogP contribution in [-0.2, 0) is 23.4 Å². The van der Waals surface area contributed by atoms with Crippen molar-refractivity contribution in [3.8, 4) is 11.6 Å². The molecule has 0 bridgehead atoms. The lowest BCUT2D eigenvalue weighted by atomic mass is 9.97. The highest BCUT2D eigenvalue weighted by molar-refractivity contribution is 7.54. The number of nitrogens with zero attached hydrogens (tertiary/aromatic N) is 4. The minimum Gasteiger partial charge on any atom is -0.476 e. The maximum atomic E-state index is 16.2. The number of benzene rings is 1. The first-order chi connectivity index (χ1) is 19.7. The molecule has 4 rings (SSSR count). The third-order valence-corrected chi connectivity index (χ3v) is 8.34. The number of aromatic nitrogens is 4. The minimum absolute atomic E-state index is 0.0100. The Balaban J connectivity index is 1.61. The van der Waals surface area contributed by atoms with Gasteiger partial charge in [-0.2, -0.15) is 9.97 Å². The summed E-state index contributed by atoms with van der Waals surface area (Å²) in [6, 6.07) is 7.87. The van der Waals surface area contributed by atoms with E-state index in [-0.39, 0.29) is 35.3 Å². The first-order valence-corrected chi connectivity index (χ1v) is 15.0. The van der Waals surface area contributed by atoms with E-state index in [1.165, 1.54) is 19.1 Å². The van der Waals surface area contributed by atoms with Crippen LogP contribution in [0, 0.1) is 5.92 Å². The number of esters is 1. The van der Waals surface area contributed by atoms with E-state index in [1.54, 1.807) is 39.0 Å². The lowest BCUT2D eigenvalue weighted by Gasteiger charge is -2.27. The van der Waals surface area contributed by atoms with Crippen LogP contribution in [0.2, 0.25) is 0 Å². The van der Waals surface area contributed by atoms with Crippen molar-refractivity contribution in [3.63, 3.8) is 0 Å². The van der Waals surface area contributed by atoms with Crippen LogP contribution in [-0.4, -0.2) is 73.7 Å². The molecule has 16 heteroatoms. The summed E-state index contributed by atoms with van der Waals surface area (Å²) in [6.07, 6.45) is -4.23. The molecule has 13 nitrogen and oxygen atoms in total. The van der Waals surface area contributed by atoms with Crippen molar-refractivity contribution in [1.29, 1.82) is 0 Å². The van der Waals surface area contributed by atoms with Crippen molar-refractivity contribution in [2.24, 2.45) is 5.92 Å². The van der Waals surface area contributed by atoms with Gasteiger partial charge in [-0.15, -0.1) is 0 Å². The number of carbonyl (C=O) groups excluding carboxylic acids is 1. The molecule has 230 valence electrons. The van der Waals surface area contributed by atoms with Crippen molar-refractivity contribution < 1.29 is 46.5 Å². The number of halogens is 2. The van der Waals surface area contributed by atoms with Crippen LogP contribution >= 0.6 is 7.60 Å². The molecule has 0 spiro atoms. The molecule has 0 saturated carbocycles. The highest BCUT2D eigenvalue weighted by Gasteiger charge is 2.65. The smallest absolute Gasteiger partial charge is 0.380 e. The number of fused-ring (bicyclic) bond motifs is 1. The molecule has 3 heterocycles. The van der Waals surface area contributed by atoms with E-state index in [0.717, 1.165) is 17.8 Å². The third-order valence-electron chi connectivity index (χ3n) is 6.34. The van der Waals surface area contributed by atoms with Crippen LogP contribution in [0.1, 0.15) is 40.8 Å². The fourth-order valence-corrected chi connectivity index (χ4v) is 6.26. The number of hydrogen-bond donors (Lipinski definition) is 2. The number of nitrogen functional groups attached to an aromatic ring is 1. The summed E-state index contributed by atoms with van der Waals surface area (Å²) in [5.74, 6) is -5.04. The van der Waals surface area contributed by atoms with E-state index in [1.807, 2.05) is 0 Å². The van der Waals surface area contributed by atoms with E-state index in [9.17, 15) is 14.5 Å². The molecule has 0 aliphatic carbocycles. The number of rotatable bonds is 12. The lowest BCUT2D eigenvalue weighted by molar-refractivity contribution is -0.192. The van der Waals surface area contributed by atoms with Gasteiger partial charge in [0.15, 0.2) is 23.6 Å². The maximum Gasteiger partial charge on any atom is 0.380 e. The predicted octanol–water partition coefficient (Wildman–Crippen LogP) is 3.97. The molecular weight excluding hydrogens is 579 g/mol. The summed E-state index contributed by atoms with van der Waals surface area (Å²) in [4.78, 5) is 24.6. The highest BCUT2D eigenvalue weighted by atomic mass is 31.2. The van der Waals surface area contributed by atoms with Gasteiger partial charge >= 0.3 is 13.6 Å². The zero-order chi connectivity index (χ0) is 30.9. The van der Waals surface area contributed by atoms with Crippen molar-refractivity contribution >= 4 is 30.7 Å². The number of hydrogen-bond acceptors (Lipinski definition) is 12. The summed E-state index contributed by atoms with van der Waals surface area (Å²) < 4.78 is 73.8. The second-order valence-electron chi connectivity index (χ2n) is 10.3. The number of nitrogens with two attached hydrogens (primary N) is 1. The van der Waals surface area contributed by atoms with Gasteiger partial charge in [0.05, 0.1) is 31.1 Å². The second kappa shape index (κ2) is 12.1. The Morgan fingerprint density at radius 1 is 1.26 bits per heavy atom. The minimum atomic E-state index is -4.34. The average molecular weight is 614 g/mol. The predicted molar refractivity (Wildman–Crippen MR) is 146 cm³/mol. The topological polar surface area (TPSA) is 170 Å². The van der Waals surface area contributed by atoms with E-state index in [2.05, 4.69) is 15.0 Å². The van der Waals surface area contributed by atoms with Crippen molar-refractivity contribution in [2.75, 3.05) is 25.1 Å². The quantitative estimate of drug-likeness (QED) is 0.223. The molecule has 0 radical (unpaired) electrons. The molecule has 1 saturated heterocycles. The zero-order valence-electron chi connectivity index (χ0n) is 23.8. The SMILES string of the molecule is CCOc1nc(N)nc2c1ncn2[C@@H]1O[C@](F)(COP(=O)(C[C@@H](C)C(=O)OC(C)C)Oc2ccccc2)[C@@H](F)[C@@]1(C)O. The van der Waals surface area contributed by atoms with E-state index in [4.69, 9.17) is 29.0 Å². The Hall–Kier alpha value is -3.39. The summed E-state index contributed by atoms with van der Waals surface area (Å²) in [6.45, 7) is 6.45. The summed E-state index contributed by atoms with van der Waals surface area (Å²) in [5.41, 5.74) is 3.41. The Bertz CT molecular complexity index is 1460. The standard InChI is InChI=1S/C26H34F2N5O8P/c1-6-37-20-18-19(31-24(29)32-20)33(14-30-18)23-25(5,35)22(27)26(28,40-23)13-38-42(36,41-17-10-8-7-9-11-17)12-16(4)21(34)39-15(2)3/h7-11,14-16,22-23,35H,6,12-13H2,1-5H3,(H2,29,31,32)/t16-,22+,23-,25-,26-,42?/m1/s1. The molecule has 1 unspecified atom stereocenters. The van der Waals surface area contributed by atoms with Crippen molar-refractivity contribution in [2.45, 2.75) is 64.6 Å². The van der Waals surface area contributed by atoms with Gasteiger partial charge in [0.1, 0.15) is 18.0 Å². The molecule has 1 fully saturated rings. The fourth-order valence-electron chi connectivity index (χ4n) is 4.39. The molecule has 3 aromatic rings. The van der Waals surface area contributed by atoms with Crippen molar-refractivity contribution in [3.05, 3.63) is 36.7 Å². The van der Waals surface area contributed by atoms with Gasteiger partial charge in [-0.25, -0.2) is 18.3 Å². The summed E-state index contributed by atoms with van der Waals surface area (Å²) in [5, 5.41) is 11.1. The van der Waals surface area contributed by atoms with Gasteiger partial charge < -0.3 is 29.6 Å². The molecule has 0 amide bonds. The molecule has 1 aliphatic heterocycles. The molecule has 6 atom stereocenters.